The van der Waals surface area contributed by atoms with Crippen molar-refractivity contribution < 1.29 is 5.21 Å². The van der Waals surface area contributed by atoms with Gasteiger partial charge in [-0.05, 0) is 47.7 Å². The largest absolute Gasteiger partial charge is 0.409 e. The third-order valence-corrected chi connectivity index (χ3v) is 2.99. The third-order valence-electron chi connectivity index (χ3n) is 1.86. The van der Waals surface area contributed by atoms with Crippen LogP contribution < -0.4 is 11.1 Å². The number of benzene rings is 1. The number of nitrogens with zero attached hydrogens (tertiary/aromatic N) is 1. The van der Waals surface area contributed by atoms with Crippen LogP contribution in [0.1, 0.15) is 6.92 Å². The topological polar surface area (TPSA) is 70.6 Å². The second-order valence-electron chi connectivity index (χ2n) is 3.02. The van der Waals surface area contributed by atoms with Crippen LogP contribution in [-0.2, 0) is 0 Å². The van der Waals surface area contributed by atoms with Crippen molar-refractivity contribution in [3.8, 4) is 0 Å². The van der Waals surface area contributed by atoms with Crippen LogP contribution in [0.2, 0.25) is 5.02 Å². The van der Waals surface area contributed by atoms with Gasteiger partial charge in [-0.1, -0.05) is 16.8 Å². The minimum atomic E-state index is -0.232. The summed E-state index contributed by atoms with van der Waals surface area (Å²) in [6.07, 6.45) is 0. The maximum Gasteiger partial charge on any atom is 0.161 e. The molecular formula is C9H11ClIN3O. The van der Waals surface area contributed by atoms with Crippen molar-refractivity contribution in [1.29, 1.82) is 0 Å². The van der Waals surface area contributed by atoms with Crippen molar-refractivity contribution in [2.45, 2.75) is 13.0 Å². The molecular weight excluding hydrogens is 328 g/mol. The summed E-state index contributed by atoms with van der Waals surface area (Å²) < 4.78 is 0.984. The zero-order valence-corrected chi connectivity index (χ0v) is 11.0. The van der Waals surface area contributed by atoms with E-state index in [1.165, 1.54) is 0 Å². The average molecular weight is 340 g/mol. The lowest BCUT2D eigenvalue weighted by Gasteiger charge is -2.14. The van der Waals surface area contributed by atoms with Gasteiger partial charge in [0.05, 0.1) is 6.04 Å². The van der Waals surface area contributed by atoms with Gasteiger partial charge in [-0.25, -0.2) is 0 Å². The zero-order chi connectivity index (χ0) is 11.4. The Bertz CT molecular complexity index is 384. The molecule has 0 saturated heterocycles. The Morgan fingerprint density at radius 3 is 2.87 bits per heavy atom. The monoisotopic (exact) mass is 339 g/mol. The maximum atomic E-state index is 8.50. The van der Waals surface area contributed by atoms with E-state index in [0.29, 0.717) is 5.02 Å². The van der Waals surface area contributed by atoms with Crippen LogP contribution in [0.5, 0.6) is 0 Å². The number of oxime groups is 1. The first-order chi connectivity index (χ1) is 7.04. The van der Waals surface area contributed by atoms with E-state index in [4.69, 9.17) is 22.5 Å². The van der Waals surface area contributed by atoms with Crippen LogP contribution >= 0.6 is 34.2 Å². The van der Waals surface area contributed by atoms with E-state index in [9.17, 15) is 0 Å². The third kappa shape index (κ3) is 3.42. The molecule has 0 amide bonds. The summed E-state index contributed by atoms with van der Waals surface area (Å²) in [6, 6.07) is 5.24. The number of halogens is 2. The molecule has 1 atom stereocenters. The summed E-state index contributed by atoms with van der Waals surface area (Å²) in [5.74, 6) is 0.140. The van der Waals surface area contributed by atoms with E-state index in [2.05, 4.69) is 33.1 Å². The van der Waals surface area contributed by atoms with Crippen LogP contribution in [0, 0.1) is 3.57 Å². The maximum absolute atomic E-state index is 8.50. The van der Waals surface area contributed by atoms with Crippen LogP contribution in [0.3, 0.4) is 0 Å². The molecule has 6 heteroatoms. The molecule has 82 valence electrons. The lowest BCUT2D eigenvalue weighted by Crippen LogP contribution is -2.33. The van der Waals surface area contributed by atoms with Crippen molar-refractivity contribution in [2.24, 2.45) is 10.9 Å². The molecule has 0 aliphatic carbocycles. The molecule has 1 rings (SSSR count). The molecule has 0 heterocycles. The van der Waals surface area contributed by atoms with Crippen LogP contribution in [-0.4, -0.2) is 17.1 Å². The predicted molar refractivity (Wildman–Crippen MR) is 70.7 cm³/mol. The lowest BCUT2D eigenvalue weighted by molar-refractivity contribution is 0.316. The molecule has 1 unspecified atom stereocenters. The van der Waals surface area contributed by atoms with Crippen molar-refractivity contribution >= 4 is 45.7 Å². The molecule has 4 N–H and O–H groups in total. The van der Waals surface area contributed by atoms with Crippen molar-refractivity contribution in [2.75, 3.05) is 5.32 Å². The minimum absolute atomic E-state index is 0.140. The minimum Gasteiger partial charge on any atom is -0.409 e. The lowest BCUT2D eigenvalue weighted by atomic mass is 10.2. The Morgan fingerprint density at radius 2 is 2.33 bits per heavy atom. The highest BCUT2D eigenvalue weighted by atomic mass is 127. The van der Waals surface area contributed by atoms with Gasteiger partial charge in [-0.15, -0.1) is 0 Å². The standard InChI is InChI=1S/C9H11ClIN3O/c1-5(9(12)14-15)13-8-3-2-6(10)4-7(8)11/h2-5,13,15H,1H3,(H2,12,14). The first-order valence-electron chi connectivity index (χ1n) is 4.23. The molecule has 0 saturated carbocycles. The highest BCUT2D eigenvalue weighted by molar-refractivity contribution is 14.1. The Morgan fingerprint density at radius 1 is 1.67 bits per heavy atom. The summed E-state index contributed by atoms with van der Waals surface area (Å²) in [7, 11) is 0. The molecule has 0 aliphatic heterocycles. The summed E-state index contributed by atoms with van der Waals surface area (Å²) >= 11 is 7.99. The average Bonchev–Trinajstić information content (AvgIpc) is 2.20. The molecule has 0 fully saturated rings. The Hall–Kier alpha value is -0.690. The molecule has 0 spiro atoms. The van der Waals surface area contributed by atoms with Gasteiger partial charge >= 0.3 is 0 Å². The highest BCUT2D eigenvalue weighted by Gasteiger charge is 2.09. The van der Waals surface area contributed by atoms with Gasteiger partial charge < -0.3 is 16.3 Å². The number of hydrogen-bond acceptors (Lipinski definition) is 3. The number of rotatable bonds is 3. The number of nitrogens with one attached hydrogen (secondary N) is 1. The SMILES string of the molecule is CC(Nc1ccc(Cl)cc1I)/C(N)=N/O. The number of hydrogen-bond donors (Lipinski definition) is 3. The van der Waals surface area contributed by atoms with E-state index in [0.717, 1.165) is 9.26 Å². The van der Waals surface area contributed by atoms with Crippen LogP contribution in [0.25, 0.3) is 0 Å². The van der Waals surface area contributed by atoms with Gasteiger partial charge in [0.1, 0.15) is 0 Å². The molecule has 15 heavy (non-hydrogen) atoms. The smallest absolute Gasteiger partial charge is 0.161 e. The molecule has 0 radical (unpaired) electrons. The van der Waals surface area contributed by atoms with Crippen molar-refractivity contribution in [3.63, 3.8) is 0 Å². The summed E-state index contributed by atoms with van der Waals surface area (Å²) in [4.78, 5) is 0. The molecule has 0 aromatic heterocycles. The zero-order valence-electron chi connectivity index (χ0n) is 8.04. The fourth-order valence-corrected chi connectivity index (χ4v) is 2.03. The summed E-state index contributed by atoms with van der Waals surface area (Å²) in [6.45, 7) is 1.81. The molecule has 0 bridgehead atoms. The van der Waals surface area contributed by atoms with Crippen LogP contribution in [0.4, 0.5) is 5.69 Å². The predicted octanol–water partition coefficient (Wildman–Crippen LogP) is 2.49. The normalized spacial score (nSPS) is 13.7. The first kappa shape index (κ1) is 12.4. The van der Waals surface area contributed by atoms with E-state index in [1.54, 1.807) is 13.0 Å². The highest BCUT2D eigenvalue weighted by Crippen LogP contribution is 2.22. The quantitative estimate of drug-likeness (QED) is 0.260. The van der Waals surface area contributed by atoms with E-state index in [1.807, 2.05) is 12.1 Å². The molecule has 4 nitrogen and oxygen atoms in total. The second kappa shape index (κ2) is 5.41. The fourth-order valence-electron chi connectivity index (χ4n) is 1.00. The van der Waals surface area contributed by atoms with E-state index >= 15 is 0 Å². The molecule has 1 aromatic rings. The molecule has 0 aliphatic rings. The fraction of sp³-hybridized carbons (Fsp3) is 0.222. The van der Waals surface area contributed by atoms with E-state index < -0.39 is 0 Å². The Balaban J connectivity index is 2.81. The number of amidine groups is 1. The Kier molecular flexibility index (Phi) is 4.46. The van der Waals surface area contributed by atoms with Gasteiger partial charge in [0.25, 0.3) is 0 Å². The van der Waals surface area contributed by atoms with Crippen molar-refractivity contribution in [3.05, 3.63) is 26.8 Å². The van der Waals surface area contributed by atoms with Gasteiger partial charge in [0.15, 0.2) is 5.84 Å². The number of nitrogens with two attached hydrogens (primary N) is 1. The first-order valence-corrected chi connectivity index (χ1v) is 5.69. The number of anilines is 1. The van der Waals surface area contributed by atoms with Crippen molar-refractivity contribution in [1.82, 2.24) is 0 Å². The molecule has 1 aromatic carbocycles. The Labute approximate surface area is 107 Å². The van der Waals surface area contributed by atoms with Gasteiger partial charge in [0, 0.05) is 14.3 Å². The van der Waals surface area contributed by atoms with Crippen LogP contribution in [0.15, 0.2) is 23.4 Å². The summed E-state index contributed by atoms with van der Waals surface area (Å²) in [5, 5.41) is 15.2. The summed E-state index contributed by atoms with van der Waals surface area (Å²) in [5.41, 5.74) is 6.36. The van der Waals surface area contributed by atoms with Gasteiger partial charge in [-0.2, -0.15) is 0 Å². The van der Waals surface area contributed by atoms with E-state index in [-0.39, 0.29) is 11.9 Å². The second-order valence-corrected chi connectivity index (χ2v) is 4.61. The van der Waals surface area contributed by atoms with Gasteiger partial charge in [0.2, 0.25) is 0 Å². The van der Waals surface area contributed by atoms with Gasteiger partial charge in [-0.3, -0.25) is 0 Å².